The van der Waals surface area contributed by atoms with Crippen molar-refractivity contribution in [2.24, 2.45) is 7.05 Å². The van der Waals surface area contributed by atoms with Gasteiger partial charge in [-0.15, -0.1) is 0 Å². The van der Waals surface area contributed by atoms with Gasteiger partial charge in [0, 0.05) is 42.3 Å². The molecule has 0 fully saturated rings. The highest BCUT2D eigenvalue weighted by Gasteiger charge is 2.18. The second kappa shape index (κ2) is 9.68. The van der Waals surface area contributed by atoms with Crippen molar-refractivity contribution in [3.8, 4) is 17.2 Å². The van der Waals surface area contributed by atoms with Crippen LogP contribution in [-0.2, 0) is 7.05 Å². The van der Waals surface area contributed by atoms with Crippen LogP contribution in [0.15, 0.2) is 71.8 Å². The van der Waals surface area contributed by atoms with E-state index in [4.69, 9.17) is 27.9 Å². The van der Waals surface area contributed by atoms with E-state index in [1.165, 1.54) is 30.3 Å². The second-order valence-corrected chi connectivity index (χ2v) is 9.04. The van der Waals surface area contributed by atoms with Crippen LogP contribution in [0.2, 0.25) is 10.0 Å². The van der Waals surface area contributed by atoms with Crippen LogP contribution in [-0.4, -0.2) is 25.2 Å². The van der Waals surface area contributed by atoms with Gasteiger partial charge in [0.1, 0.15) is 11.4 Å². The first-order valence-electron chi connectivity index (χ1n) is 11.0. The fraction of sp³-hybridized carbons (Fsp3) is 0.0769. The molecule has 2 aromatic carbocycles. The third-order valence-corrected chi connectivity index (χ3v) is 6.15. The Labute approximate surface area is 219 Å². The van der Waals surface area contributed by atoms with Crippen LogP contribution in [0.1, 0.15) is 16.1 Å². The molecule has 1 N–H and O–H groups in total. The molecule has 8 nitrogen and oxygen atoms in total. The summed E-state index contributed by atoms with van der Waals surface area (Å²) >= 11 is 12.2. The Hall–Kier alpha value is -4.21. The molecular weight excluding hydrogens is 520 g/mol. The van der Waals surface area contributed by atoms with E-state index in [1.807, 2.05) is 23.9 Å². The molecule has 3 aromatic heterocycles. The first kappa shape index (κ1) is 24.5. The Balaban J connectivity index is 1.40. The van der Waals surface area contributed by atoms with Gasteiger partial charge in [-0.2, -0.15) is 9.78 Å². The maximum absolute atomic E-state index is 14.9. The number of nitrogens with zero attached hydrogens (tertiary/aromatic N) is 4. The molecule has 1 amide bonds. The zero-order valence-corrected chi connectivity index (χ0v) is 21.0. The second-order valence-electron chi connectivity index (χ2n) is 8.20. The maximum Gasteiger partial charge on any atom is 0.276 e. The van der Waals surface area contributed by atoms with E-state index in [-0.39, 0.29) is 27.8 Å². The summed E-state index contributed by atoms with van der Waals surface area (Å²) in [6.07, 6.45) is 3.41. The monoisotopic (exact) mass is 537 g/mol. The molecule has 0 aliphatic carbocycles. The van der Waals surface area contributed by atoms with Crippen molar-refractivity contribution in [2.75, 3.05) is 5.32 Å². The molecule has 0 radical (unpaired) electrons. The number of aromatic nitrogens is 4. The number of fused-ring (bicyclic) bond motifs is 1. The highest BCUT2D eigenvalue weighted by molar-refractivity contribution is 6.35. The van der Waals surface area contributed by atoms with Gasteiger partial charge in [-0.3, -0.25) is 9.59 Å². The Morgan fingerprint density at radius 1 is 1.05 bits per heavy atom. The number of nitrogens with one attached hydrogen (secondary N) is 1. The standard InChI is InChI=1S/C26H18Cl2FN5O3/c1-14-11-23(35)34(20-5-3-15(27)12-18(20)28)32-24(14)26(36)31-16-4-6-22(19(29)13-16)37-21-7-9-30-25-17(21)8-10-33(25)2/h3-13H,1-2H3,(H,31,36). The van der Waals surface area contributed by atoms with Crippen LogP contribution in [0.25, 0.3) is 16.7 Å². The van der Waals surface area contributed by atoms with Crippen molar-refractivity contribution in [1.82, 2.24) is 19.3 Å². The van der Waals surface area contributed by atoms with Crippen LogP contribution >= 0.6 is 23.2 Å². The lowest BCUT2D eigenvalue weighted by molar-refractivity contribution is 0.102. The fourth-order valence-corrected chi connectivity index (χ4v) is 4.28. The molecule has 0 spiro atoms. The SMILES string of the molecule is Cc1cc(=O)n(-c2ccc(Cl)cc2Cl)nc1C(=O)Nc1ccc(Oc2ccnc3c2ccn3C)c(F)c1. The lowest BCUT2D eigenvalue weighted by Gasteiger charge is -2.12. The minimum atomic E-state index is -0.679. The molecular formula is C26H18Cl2FN5O3. The Morgan fingerprint density at radius 2 is 1.86 bits per heavy atom. The number of amides is 1. The number of aryl methyl sites for hydroxylation is 2. The van der Waals surface area contributed by atoms with Gasteiger partial charge in [-0.25, -0.2) is 9.37 Å². The van der Waals surface area contributed by atoms with Crippen LogP contribution in [0.3, 0.4) is 0 Å². The number of hydrogen-bond acceptors (Lipinski definition) is 5. The number of benzene rings is 2. The van der Waals surface area contributed by atoms with Gasteiger partial charge in [0.25, 0.3) is 11.5 Å². The van der Waals surface area contributed by atoms with E-state index in [0.29, 0.717) is 22.0 Å². The van der Waals surface area contributed by atoms with Gasteiger partial charge < -0.3 is 14.6 Å². The van der Waals surface area contributed by atoms with Crippen molar-refractivity contribution in [3.63, 3.8) is 0 Å². The highest BCUT2D eigenvalue weighted by atomic mass is 35.5. The lowest BCUT2D eigenvalue weighted by Crippen LogP contribution is -2.26. The molecule has 5 aromatic rings. The quantitative estimate of drug-likeness (QED) is 0.300. The van der Waals surface area contributed by atoms with Crippen molar-refractivity contribution in [3.05, 3.63) is 104 Å². The van der Waals surface area contributed by atoms with Crippen molar-refractivity contribution in [2.45, 2.75) is 6.92 Å². The molecule has 0 atom stereocenters. The van der Waals surface area contributed by atoms with Gasteiger partial charge in [-0.05, 0) is 55.0 Å². The number of anilines is 1. The zero-order chi connectivity index (χ0) is 26.3. The van der Waals surface area contributed by atoms with Gasteiger partial charge in [0.2, 0.25) is 0 Å². The summed E-state index contributed by atoms with van der Waals surface area (Å²) in [5, 5.41) is 8.11. The predicted molar refractivity (Wildman–Crippen MR) is 140 cm³/mol. The number of carbonyl (C=O) groups is 1. The van der Waals surface area contributed by atoms with E-state index in [1.54, 1.807) is 25.3 Å². The minimum Gasteiger partial charge on any atom is -0.453 e. The number of halogens is 3. The average Bonchev–Trinajstić information content (AvgIpc) is 3.23. The van der Waals surface area contributed by atoms with E-state index < -0.39 is 17.3 Å². The van der Waals surface area contributed by atoms with Crippen LogP contribution in [0, 0.1) is 12.7 Å². The minimum absolute atomic E-state index is 0.0189. The molecule has 0 saturated carbocycles. The first-order chi connectivity index (χ1) is 17.7. The molecule has 0 aliphatic heterocycles. The summed E-state index contributed by atoms with van der Waals surface area (Å²) in [6.45, 7) is 1.58. The van der Waals surface area contributed by atoms with Crippen molar-refractivity contribution < 1.29 is 13.9 Å². The molecule has 5 rings (SSSR count). The van der Waals surface area contributed by atoms with Crippen molar-refractivity contribution >= 4 is 45.8 Å². The molecule has 37 heavy (non-hydrogen) atoms. The normalized spacial score (nSPS) is 11.1. The van der Waals surface area contributed by atoms with Crippen LogP contribution in [0.4, 0.5) is 10.1 Å². The Morgan fingerprint density at radius 3 is 2.62 bits per heavy atom. The number of carbonyl (C=O) groups excluding carboxylic acids is 1. The van der Waals surface area contributed by atoms with Crippen LogP contribution in [0.5, 0.6) is 11.5 Å². The Bertz CT molecular complexity index is 1750. The molecule has 0 unspecified atom stereocenters. The number of ether oxygens (including phenoxy) is 1. The molecule has 186 valence electrons. The summed E-state index contributed by atoms with van der Waals surface area (Å²) in [5.74, 6) is -0.885. The van der Waals surface area contributed by atoms with Crippen LogP contribution < -0.4 is 15.6 Å². The van der Waals surface area contributed by atoms with Gasteiger partial charge in [0.15, 0.2) is 17.3 Å². The molecule has 3 heterocycles. The smallest absolute Gasteiger partial charge is 0.276 e. The summed E-state index contributed by atoms with van der Waals surface area (Å²) in [5.41, 5.74) is 0.975. The van der Waals surface area contributed by atoms with Gasteiger partial charge in [-0.1, -0.05) is 23.2 Å². The third kappa shape index (κ3) is 4.78. The molecule has 0 aliphatic rings. The molecule has 0 saturated heterocycles. The molecule has 11 heteroatoms. The van der Waals surface area contributed by atoms with Crippen molar-refractivity contribution in [1.29, 1.82) is 0 Å². The topological polar surface area (TPSA) is 91.0 Å². The fourth-order valence-electron chi connectivity index (χ4n) is 3.79. The number of rotatable bonds is 5. The third-order valence-electron chi connectivity index (χ3n) is 5.61. The maximum atomic E-state index is 14.9. The summed E-state index contributed by atoms with van der Waals surface area (Å²) in [7, 11) is 1.85. The first-order valence-corrected chi connectivity index (χ1v) is 11.7. The average molecular weight is 538 g/mol. The van der Waals surface area contributed by atoms with E-state index in [9.17, 15) is 14.0 Å². The largest absolute Gasteiger partial charge is 0.453 e. The summed E-state index contributed by atoms with van der Waals surface area (Å²) < 4.78 is 23.5. The lowest BCUT2D eigenvalue weighted by atomic mass is 10.2. The van der Waals surface area contributed by atoms with Gasteiger partial charge >= 0.3 is 0 Å². The predicted octanol–water partition coefficient (Wildman–Crippen LogP) is 5.92. The summed E-state index contributed by atoms with van der Waals surface area (Å²) in [4.78, 5) is 29.8. The zero-order valence-electron chi connectivity index (χ0n) is 19.5. The van der Waals surface area contributed by atoms with Gasteiger partial charge in [0.05, 0.1) is 16.1 Å². The van der Waals surface area contributed by atoms with E-state index in [0.717, 1.165) is 16.1 Å². The summed E-state index contributed by atoms with van der Waals surface area (Å²) in [6, 6.07) is 13.3. The Kier molecular flexibility index (Phi) is 6.41. The number of pyridine rings is 1. The van der Waals surface area contributed by atoms with E-state index in [2.05, 4.69) is 15.4 Å². The van der Waals surface area contributed by atoms with E-state index >= 15 is 0 Å². The number of hydrogen-bond donors (Lipinski definition) is 1. The highest BCUT2D eigenvalue weighted by Crippen LogP contribution is 2.32. The molecule has 0 bridgehead atoms.